The van der Waals surface area contributed by atoms with Gasteiger partial charge < -0.3 is 4.42 Å². The molecule has 0 aliphatic carbocycles. The summed E-state index contributed by atoms with van der Waals surface area (Å²) in [5.74, 6) is 0.692. The summed E-state index contributed by atoms with van der Waals surface area (Å²) in [6.45, 7) is 0. The Kier molecular flexibility index (Phi) is 4.15. The smallest absolute Gasteiger partial charge is 0.269 e. The molecule has 0 saturated carbocycles. The molecule has 0 fully saturated rings. The molecule has 1 aromatic carbocycles. The van der Waals surface area contributed by atoms with Crippen molar-refractivity contribution in [2.75, 3.05) is 7.05 Å². The lowest BCUT2D eigenvalue weighted by Crippen LogP contribution is -2.11. The van der Waals surface area contributed by atoms with Crippen LogP contribution in [0.1, 0.15) is 5.56 Å². The number of rotatable bonds is 4. The maximum atomic E-state index is 10.7. The molecular weight excluding hydrogens is 316 g/mol. The molecule has 3 rings (SSSR count). The van der Waals surface area contributed by atoms with E-state index in [1.54, 1.807) is 42.4 Å². The highest BCUT2D eigenvalue weighted by molar-refractivity contribution is 7.07. The van der Waals surface area contributed by atoms with Crippen molar-refractivity contribution in [2.24, 2.45) is 10.1 Å². The van der Waals surface area contributed by atoms with Crippen molar-refractivity contribution in [3.63, 3.8) is 0 Å². The highest BCUT2D eigenvalue weighted by Crippen LogP contribution is 2.20. The van der Waals surface area contributed by atoms with Gasteiger partial charge in [0.2, 0.25) is 4.80 Å². The summed E-state index contributed by atoms with van der Waals surface area (Å²) >= 11 is 1.45. The summed E-state index contributed by atoms with van der Waals surface area (Å²) in [5, 5.41) is 17.0. The second-order valence-corrected chi connectivity index (χ2v) is 5.35. The second-order valence-electron chi connectivity index (χ2n) is 4.51. The van der Waals surface area contributed by atoms with E-state index in [-0.39, 0.29) is 5.69 Å². The van der Waals surface area contributed by atoms with Crippen molar-refractivity contribution in [3.05, 3.63) is 68.5 Å². The number of non-ortho nitro benzene ring substituents is 1. The third-order valence-corrected chi connectivity index (χ3v) is 3.98. The predicted octanol–water partition coefficient (Wildman–Crippen LogP) is 3.13. The number of nitro groups is 1. The van der Waals surface area contributed by atoms with Crippen LogP contribution < -0.4 is 4.80 Å². The number of furan rings is 1. The number of hydrogen-bond acceptors (Lipinski definition) is 6. The van der Waals surface area contributed by atoms with Crippen LogP contribution >= 0.6 is 11.3 Å². The SMILES string of the molecule is CN=c1scc(-c2ccco2)n1N=Cc1ccc([N+](=O)[O-])cc1. The monoisotopic (exact) mass is 328 g/mol. The molecule has 2 aromatic heterocycles. The lowest BCUT2D eigenvalue weighted by atomic mass is 10.2. The number of thiazole rings is 1. The summed E-state index contributed by atoms with van der Waals surface area (Å²) < 4.78 is 7.08. The molecule has 0 aliphatic rings. The Balaban J connectivity index is 1.96. The Morgan fingerprint density at radius 1 is 1.30 bits per heavy atom. The topological polar surface area (TPSA) is 85.9 Å². The molecule has 23 heavy (non-hydrogen) atoms. The van der Waals surface area contributed by atoms with E-state index < -0.39 is 4.92 Å². The Bertz CT molecular complexity index is 905. The average molecular weight is 328 g/mol. The zero-order valence-electron chi connectivity index (χ0n) is 12.1. The third-order valence-electron chi connectivity index (χ3n) is 3.08. The summed E-state index contributed by atoms with van der Waals surface area (Å²) in [6, 6.07) is 9.82. The predicted molar refractivity (Wildman–Crippen MR) is 87.6 cm³/mol. The van der Waals surface area contributed by atoms with Gasteiger partial charge >= 0.3 is 0 Å². The van der Waals surface area contributed by atoms with E-state index in [1.165, 1.54) is 23.5 Å². The highest BCUT2D eigenvalue weighted by atomic mass is 32.1. The zero-order chi connectivity index (χ0) is 16.2. The van der Waals surface area contributed by atoms with Gasteiger partial charge in [-0.25, -0.2) is 4.68 Å². The van der Waals surface area contributed by atoms with E-state index in [9.17, 15) is 10.1 Å². The standard InChI is InChI=1S/C15H12N4O3S/c1-16-15-18(13(10-23-15)14-3-2-8-22-14)17-9-11-4-6-12(7-5-11)19(20)21/h2-10H,1H3. The minimum Gasteiger partial charge on any atom is -0.463 e. The summed E-state index contributed by atoms with van der Waals surface area (Å²) in [6.07, 6.45) is 3.22. The third kappa shape index (κ3) is 3.11. The Labute approximate surface area is 135 Å². The Morgan fingerprint density at radius 2 is 2.09 bits per heavy atom. The maximum Gasteiger partial charge on any atom is 0.269 e. The van der Waals surface area contributed by atoms with Gasteiger partial charge in [0.05, 0.1) is 17.4 Å². The van der Waals surface area contributed by atoms with Gasteiger partial charge in [-0.3, -0.25) is 15.1 Å². The normalized spacial score (nSPS) is 12.1. The molecule has 3 aromatic rings. The second kappa shape index (κ2) is 6.41. The van der Waals surface area contributed by atoms with Crippen LogP contribution in [0.3, 0.4) is 0 Å². The van der Waals surface area contributed by atoms with Crippen molar-refractivity contribution in [1.29, 1.82) is 0 Å². The summed E-state index contributed by atoms with van der Waals surface area (Å²) in [7, 11) is 1.69. The molecular formula is C15H12N4O3S. The molecule has 0 bridgehead atoms. The molecule has 0 radical (unpaired) electrons. The van der Waals surface area contributed by atoms with Crippen molar-refractivity contribution in [2.45, 2.75) is 0 Å². The quantitative estimate of drug-likeness (QED) is 0.419. The Hall–Kier alpha value is -3.00. The molecule has 2 heterocycles. The van der Waals surface area contributed by atoms with Gasteiger partial charge in [0.25, 0.3) is 5.69 Å². The van der Waals surface area contributed by atoms with E-state index in [2.05, 4.69) is 10.1 Å². The molecule has 0 atom stereocenters. The van der Waals surface area contributed by atoms with E-state index in [4.69, 9.17) is 4.42 Å². The molecule has 0 N–H and O–H groups in total. The van der Waals surface area contributed by atoms with E-state index in [0.717, 1.165) is 16.1 Å². The fourth-order valence-electron chi connectivity index (χ4n) is 1.96. The van der Waals surface area contributed by atoms with Crippen LogP contribution in [-0.4, -0.2) is 22.9 Å². The first-order valence-electron chi connectivity index (χ1n) is 6.65. The van der Waals surface area contributed by atoms with Crippen LogP contribution in [0.25, 0.3) is 11.5 Å². The zero-order valence-corrected chi connectivity index (χ0v) is 12.9. The number of benzene rings is 1. The van der Waals surface area contributed by atoms with Gasteiger partial charge in [0.1, 0.15) is 5.69 Å². The van der Waals surface area contributed by atoms with E-state index in [0.29, 0.717) is 5.76 Å². The van der Waals surface area contributed by atoms with Crippen LogP contribution in [-0.2, 0) is 0 Å². The van der Waals surface area contributed by atoms with Crippen molar-refractivity contribution < 1.29 is 9.34 Å². The van der Waals surface area contributed by atoms with Crippen molar-refractivity contribution in [3.8, 4) is 11.5 Å². The van der Waals surface area contributed by atoms with Gasteiger partial charge in [0, 0.05) is 24.6 Å². The molecule has 0 saturated heterocycles. The van der Waals surface area contributed by atoms with Crippen LogP contribution in [0, 0.1) is 10.1 Å². The highest BCUT2D eigenvalue weighted by Gasteiger charge is 2.09. The summed E-state index contributed by atoms with van der Waals surface area (Å²) in [4.78, 5) is 15.1. The van der Waals surface area contributed by atoms with Gasteiger partial charge in [-0.15, -0.1) is 11.3 Å². The molecule has 116 valence electrons. The number of nitrogens with zero attached hydrogens (tertiary/aromatic N) is 4. The van der Waals surface area contributed by atoms with Gasteiger partial charge in [-0.05, 0) is 29.8 Å². The number of aromatic nitrogens is 1. The van der Waals surface area contributed by atoms with E-state index >= 15 is 0 Å². The maximum absolute atomic E-state index is 10.7. The van der Waals surface area contributed by atoms with Crippen LogP contribution in [0.2, 0.25) is 0 Å². The molecule has 8 heteroatoms. The number of nitro benzene ring substituents is 1. The van der Waals surface area contributed by atoms with Gasteiger partial charge in [-0.2, -0.15) is 5.10 Å². The van der Waals surface area contributed by atoms with Crippen LogP contribution in [0.5, 0.6) is 0 Å². The molecule has 7 nitrogen and oxygen atoms in total. The fraction of sp³-hybridized carbons (Fsp3) is 0.0667. The van der Waals surface area contributed by atoms with E-state index in [1.807, 2.05) is 11.4 Å². The number of hydrogen-bond donors (Lipinski definition) is 0. The first-order chi connectivity index (χ1) is 11.2. The van der Waals surface area contributed by atoms with Crippen molar-refractivity contribution in [1.82, 2.24) is 4.68 Å². The molecule has 0 unspecified atom stereocenters. The van der Waals surface area contributed by atoms with Crippen molar-refractivity contribution >= 4 is 23.2 Å². The van der Waals surface area contributed by atoms with Crippen LogP contribution in [0.15, 0.2) is 62.6 Å². The molecule has 0 aliphatic heterocycles. The van der Waals surface area contributed by atoms with Crippen LogP contribution in [0.4, 0.5) is 5.69 Å². The van der Waals surface area contributed by atoms with Gasteiger partial charge in [0.15, 0.2) is 5.76 Å². The first kappa shape index (κ1) is 14.9. The average Bonchev–Trinajstić information content (AvgIpc) is 3.22. The lowest BCUT2D eigenvalue weighted by molar-refractivity contribution is -0.384. The minimum absolute atomic E-state index is 0.0471. The largest absolute Gasteiger partial charge is 0.463 e. The molecule has 0 spiro atoms. The molecule has 0 amide bonds. The fourth-order valence-corrected chi connectivity index (χ4v) is 2.75. The van der Waals surface area contributed by atoms with Gasteiger partial charge in [-0.1, -0.05) is 0 Å². The lowest BCUT2D eigenvalue weighted by Gasteiger charge is -2.00. The summed E-state index contributed by atoms with van der Waals surface area (Å²) in [5.41, 5.74) is 1.59. The Morgan fingerprint density at radius 3 is 2.70 bits per heavy atom. The minimum atomic E-state index is -0.433. The first-order valence-corrected chi connectivity index (χ1v) is 7.53.